The van der Waals surface area contributed by atoms with Crippen LogP contribution in [0, 0.1) is 0 Å². The molecule has 0 fully saturated rings. The van der Waals surface area contributed by atoms with Crippen molar-refractivity contribution in [2.45, 2.75) is 12.5 Å². The van der Waals surface area contributed by atoms with Gasteiger partial charge in [0.05, 0.1) is 6.42 Å². The first kappa shape index (κ1) is 10.3. The van der Waals surface area contributed by atoms with E-state index in [2.05, 4.69) is 0 Å². The number of carboxylic acid groups (broad SMARTS) is 1. The maximum Gasteiger partial charge on any atom is 0.305 e. The molecule has 0 bridgehead atoms. The molecule has 14 heavy (non-hydrogen) atoms. The summed E-state index contributed by atoms with van der Waals surface area (Å²) in [5, 5.41) is 26.6. The Hall–Kier alpha value is -1.75. The molecule has 5 nitrogen and oxygen atoms in total. The van der Waals surface area contributed by atoms with Crippen LogP contribution in [-0.4, -0.2) is 21.3 Å². The highest BCUT2D eigenvalue weighted by molar-refractivity contribution is 5.68. The lowest BCUT2D eigenvalue weighted by atomic mass is 10.0. The fraction of sp³-hybridized carbons (Fsp3) is 0.222. The summed E-state index contributed by atoms with van der Waals surface area (Å²) in [7, 11) is 0. The molecular weight excluding hydrogens is 186 g/mol. The zero-order chi connectivity index (χ0) is 10.7. The quantitative estimate of drug-likeness (QED) is 0.530. The van der Waals surface area contributed by atoms with Crippen LogP contribution in [0.25, 0.3) is 0 Å². The number of hydrogen-bond acceptors (Lipinski definition) is 4. The van der Waals surface area contributed by atoms with Gasteiger partial charge in [0.25, 0.3) is 0 Å². The largest absolute Gasteiger partial charge is 0.504 e. The molecule has 0 saturated heterocycles. The average Bonchev–Trinajstić information content (AvgIpc) is 2.08. The second-order valence-electron chi connectivity index (χ2n) is 2.95. The van der Waals surface area contributed by atoms with Crippen LogP contribution in [0.4, 0.5) is 0 Å². The topological polar surface area (TPSA) is 104 Å². The molecule has 1 atom stereocenters. The first-order chi connectivity index (χ1) is 6.50. The van der Waals surface area contributed by atoms with E-state index >= 15 is 0 Å². The number of rotatable bonds is 3. The fourth-order valence-electron chi connectivity index (χ4n) is 1.08. The van der Waals surface area contributed by atoms with E-state index < -0.39 is 12.0 Å². The van der Waals surface area contributed by atoms with E-state index in [4.69, 9.17) is 21.1 Å². The first-order valence-electron chi connectivity index (χ1n) is 4.00. The monoisotopic (exact) mass is 197 g/mol. The average molecular weight is 197 g/mol. The van der Waals surface area contributed by atoms with Crippen molar-refractivity contribution in [2.75, 3.05) is 0 Å². The number of carboxylic acids is 1. The zero-order valence-corrected chi connectivity index (χ0v) is 7.34. The van der Waals surface area contributed by atoms with Crippen molar-refractivity contribution in [3.8, 4) is 11.5 Å². The Morgan fingerprint density at radius 3 is 2.50 bits per heavy atom. The summed E-state index contributed by atoms with van der Waals surface area (Å²) >= 11 is 0. The highest BCUT2D eigenvalue weighted by atomic mass is 16.4. The second kappa shape index (κ2) is 3.97. The minimum Gasteiger partial charge on any atom is -0.504 e. The first-order valence-corrected chi connectivity index (χ1v) is 4.00. The summed E-state index contributed by atoms with van der Waals surface area (Å²) in [6.07, 6.45) is -0.218. The molecule has 1 aromatic rings. The predicted molar refractivity (Wildman–Crippen MR) is 49.0 cm³/mol. The van der Waals surface area contributed by atoms with E-state index in [1.54, 1.807) is 0 Å². The Morgan fingerprint density at radius 2 is 2.00 bits per heavy atom. The molecule has 0 aliphatic rings. The van der Waals surface area contributed by atoms with E-state index in [9.17, 15) is 4.79 Å². The lowest BCUT2D eigenvalue weighted by molar-refractivity contribution is -0.137. The van der Waals surface area contributed by atoms with Gasteiger partial charge in [-0.25, -0.2) is 0 Å². The lowest BCUT2D eigenvalue weighted by Gasteiger charge is -2.09. The summed E-state index contributed by atoms with van der Waals surface area (Å²) in [6.45, 7) is 0. The molecule has 0 amide bonds. The van der Waals surface area contributed by atoms with Crippen molar-refractivity contribution in [1.82, 2.24) is 0 Å². The number of phenolic OH excluding ortho intramolecular Hbond substituents is 2. The van der Waals surface area contributed by atoms with Gasteiger partial charge in [-0.2, -0.15) is 0 Å². The normalized spacial score (nSPS) is 12.4. The molecule has 1 rings (SSSR count). The van der Waals surface area contributed by atoms with Crippen molar-refractivity contribution < 1.29 is 20.1 Å². The standard InChI is InChI=1S/C9H11NO4/c10-6(4-9(13)14)5-1-2-7(11)8(12)3-5/h1-3,6,11-12H,4,10H2,(H,13,14)/t6-/m1/s1. The van der Waals surface area contributed by atoms with Crippen LogP contribution in [0.5, 0.6) is 11.5 Å². The summed E-state index contributed by atoms with van der Waals surface area (Å²) in [5.41, 5.74) is 6.02. The van der Waals surface area contributed by atoms with Crippen LogP contribution in [0.1, 0.15) is 18.0 Å². The molecule has 0 aliphatic carbocycles. The Balaban J connectivity index is 2.85. The van der Waals surface area contributed by atoms with Gasteiger partial charge in [0.1, 0.15) is 0 Å². The summed E-state index contributed by atoms with van der Waals surface area (Å²) in [6, 6.07) is 3.32. The Kier molecular flexibility index (Phi) is 2.93. The minimum absolute atomic E-state index is 0.218. The number of phenols is 2. The number of nitrogens with two attached hydrogens (primary N) is 1. The fourth-order valence-corrected chi connectivity index (χ4v) is 1.08. The Morgan fingerprint density at radius 1 is 1.36 bits per heavy atom. The van der Waals surface area contributed by atoms with E-state index in [-0.39, 0.29) is 17.9 Å². The second-order valence-corrected chi connectivity index (χ2v) is 2.95. The third kappa shape index (κ3) is 2.37. The molecule has 0 saturated carbocycles. The summed E-state index contributed by atoms with van der Waals surface area (Å²) in [5.74, 6) is -1.57. The van der Waals surface area contributed by atoms with Gasteiger partial charge >= 0.3 is 5.97 Å². The van der Waals surface area contributed by atoms with Crippen LogP contribution < -0.4 is 5.73 Å². The van der Waals surface area contributed by atoms with Gasteiger partial charge in [-0.1, -0.05) is 6.07 Å². The van der Waals surface area contributed by atoms with E-state index in [1.165, 1.54) is 18.2 Å². The van der Waals surface area contributed by atoms with Gasteiger partial charge in [0, 0.05) is 6.04 Å². The van der Waals surface area contributed by atoms with Crippen LogP contribution in [0.15, 0.2) is 18.2 Å². The number of aromatic hydroxyl groups is 2. The maximum atomic E-state index is 10.3. The highest BCUT2D eigenvalue weighted by Gasteiger charge is 2.12. The number of carbonyl (C=O) groups is 1. The van der Waals surface area contributed by atoms with Gasteiger partial charge < -0.3 is 21.1 Å². The van der Waals surface area contributed by atoms with Gasteiger partial charge in [0.15, 0.2) is 11.5 Å². The molecule has 0 aromatic heterocycles. The van der Waals surface area contributed by atoms with Gasteiger partial charge in [-0.05, 0) is 17.7 Å². The predicted octanol–water partition coefficient (Wildman–Crippen LogP) is 0.572. The lowest BCUT2D eigenvalue weighted by Crippen LogP contribution is -2.14. The van der Waals surface area contributed by atoms with Gasteiger partial charge in [0.2, 0.25) is 0 Å². The Labute approximate surface area is 80.4 Å². The molecule has 0 aliphatic heterocycles. The van der Waals surface area contributed by atoms with Gasteiger partial charge in [-0.15, -0.1) is 0 Å². The molecule has 0 radical (unpaired) electrons. The third-order valence-corrected chi connectivity index (χ3v) is 1.82. The molecule has 0 spiro atoms. The molecule has 76 valence electrons. The van der Waals surface area contributed by atoms with E-state index in [1.807, 2.05) is 0 Å². The van der Waals surface area contributed by atoms with Crippen molar-refractivity contribution in [3.05, 3.63) is 23.8 Å². The summed E-state index contributed by atoms with van der Waals surface area (Å²) < 4.78 is 0. The molecule has 0 unspecified atom stereocenters. The van der Waals surface area contributed by atoms with Crippen LogP contribution in [0.2, 0.25) is 0 Å². The van der Waals surface area contributed by atoms with Crippen molar-refractivity contribution in [1.29, 1.82) is 0 Å². The van der Waals surface area contributed by atoms with Gasteiger partial charge in [-0.3, -0.25) is 4.79 Å². The van der Waals surface area contributed by atoms with Crippen molar-refractivity contribution >= 4 is 5.97 Å². The van der Waals surface area contributed by atoms with Crippen molar-refractivity contribution in [3.63, 3.8) is 0 Å². The Bertz CT molecular complexity index is 351. The van der Waals surface area contributed by atoms with E-state index in [0.717, 1.165) is 0 Å². The number of aliphatic carboxylic acids is 1. The highest BCUT2D eigenvalue weighted by Crippen LogP contribution is 2.27. The smallest absolute Gasteiger partial charge is 0.305 e. The van der Waals surface area contributed by atoms with E-state index in [0.29, 0.717) is 5.56 Å². The molecule has 5 heteroatoms. The molecule has 0 heterocycles. The summed E-state index contributed by atoms with van der Waals surface area (Å²) in [4.78, 5) is 10.3. The SMILES string of the molecule is N[C@H](CC(=O)O)c1ccc(O)c(O)c1. The molecule has 5 N–H and O–H groups in total. The van der Waals surface area contributed by atoms with Crippen LogP contribution in [0.3, 0.4) is 0 Å². The van der Waals surface area contributed by atoms with Crippen LogP contribution in [-0.2, 0) is 4.79 Å². The number of hydrogen-bond donors (Lipinski definition) is 4. The van der Waals surface area contributed by atoms with Crippen molar-refractivity contribution in [2.24, 2.45) is 5.73 Å². The minimum atomic E-state index is -1.01. The molecular formula is C9H11NO4. The maximum absolute atomic E-state index is 10.3. The number of benzene rings is 1. The molecule has 1 aromatic carbocycles. The zero-order valence-electron chi connectivity index (χ0n) is 7.34. The van der Waals surface area contributed by atoms with Crippen LogP contribution >= 0.6 is 0 Å². The third-order valence-electron chi connectivity index (χ3n) is 1.82.